The van der Waals surface area contributed by atoms with Crippen molar-refractivity contribution < 1.29 is 65.6 Å². The number of hydrogen-bond acceptors (Lipinski definition) is 7. The second-order valence-corrected chi connectivity index (χ2v) is 10.6. The number of rotatable bonds is 9. The first-order valence-electron chi connectivity index (χ1n) is 14.4. The third kappa shape index (κ3) is 13.4. The molecule has 0 bridgehead atoms. The second kappa shape index (κ2) is 17.8. The Hall–Kier alpha value is -5.20. The molecule has 1 saturated heterocycles. The van der Waals surface area contributed by atoms with E-state index in [1.165, 1.54) is 5.56 Å². The number of pyridine rings is 1. The molecule has 0 radical (unpaired) electrons. The van der Waals surface area contributed by atoms with Crippen LogP contribution >= 0.6 is 0 Å². The fraction of sp³-hybridized carbons (Fsp3) is 0.400. The molecule has 13 nitrogen and oxygen atoms in total. The number of alkyl halides is 6. The number of carboxylic acid groups (broad SMARTS) is 3. The van der Waals surface area contributed by atoms with Gasteiger partial charge in [0.1, 0.15) is 6.04 Å². The van der Waals surface area contributed by atoms with Crippen LogP contribution < -0.4 is 10.6 Å². The van der Waals surface area contributed by atoms with Gasteiger partial charge in [0.05, 0.1) is 19.0 Å². The monoisotopic (exact) mass is 705 g/mol. The van der Waals surface area contributed by atoms with Crippen LogP contribution in [-0.4, -0.2) is 97.4 Å². The highest BCUT2D eigenvalue weighted by molar-refractivity contribution is 5.89. The zero-order valence-electron chi connectivity index (χ0n) is 25.7. The summed E-state index contributed by atoms with van der Waals surface area (Å²) in [7, 11) is 0. The number of fused-ring (bicyclic) bond motifs is 1. The van der Waals surface area contributed by atoms with E-state index < -0.39 is 42.3 Å². The van der Waals surface area contributed by atoms with Crippen LogP contribution in [0, 0.1) is 0 Å². The van der Waals surface area contributed by atoms with Gasteiger partial charge >= 0.3 is 30.3 Å². The topological polar surface area (TPSA) is 202 Å². The van der Waals surface area contributed by atoms with Gasteiger partial charge in [-0.05, 0) is 49.9 Å². The van der Waals surface area contributed by atoms with Gasteiger partial charge in [-0.15, -0.1) is 0 Å². The number of aromatic amines is 1. The number of likely N-dealkylation sites (tertiary alicyclic amines) is 1. The minimum Gasteiger partial charge on any atom is -0.481 e. The maximum Gasteiger partial charge on any atom is 0.490 e. The lowest BCUT2D eigenvalue weighted by molar-refractivity contribution is -0.193. The Morgan fingerprint density at radius 2 is 1.57 bits per heavy atom. The average molecular weight is 706 g/mol. The number of piperidine rings is 1. The first-order chi connectivity index (χ1) is 22.8. The maximum absolute atomic E-state index is 13.2. The number of carbonyl (C=O) groups is 5. The lowest BCUT2D eigenvalue weighted by Gasteiger charge is -2.39. The molecule has 1 fully saturated rings. The first kappa shape index (κ1) is 40.0. The quantitative estimate of drug-likeness (QED) is 0.178. The number of aromatic nitrogens is 2. The van der Waals surface area contributed by atoms with Gasteiger partial charge in [-0.25, -0.2) is 9.59 Å². The molecule has 0 saturated carbocycles. The molecule has 3 atom stereocenters. The van der Waals surface area contributed by atoms with Gasteiger partial charge in [0, 0.05) is 35.5 Å². The lowest BCUT2D eigenvalue weighted by atomic mass is 9.84. The summed E-state index contributed by atoms with van der Waals surface area (Å²) in [4.78, 5) is 64.1. The van der Waals surface area contributed by atoms with Crippen molar-refractivity contribution in [1.29, 1.82) is 0 Å². The molecule has 49 heavy (non-hydrogen) atoms. The van der Waals surface area contributed by atoms with Crippen molar-refractivity contribution >= 4 is 40.6 Å². The largest absolute Gasteiger partial charge is 0.490 e. The predicted molar refractivity (Wildman–Crippen MR) is 159 cm³/mol. The number of amides is 2. The van der Waals surface area contributed by atoms with Gasteiger partial charge in [-0.2, -0.15) is 26.3 Å². The molecule has 4 rings (SSSR count). The molecule has 6 N–H and O–H groups in total. The fourth-order valence-corrected chi connectivity index (χ4v) is 4.66. The molecule has 2 amide bonds. The Bertz CT molecular complexity index is 1530. The highest BCUT2D eigenvalue weighted by Gasteiger charge is 2.39. The zero-order chi connectivity index (χ0) is 36.9. The van der Waals surface area contributed by atoms with Crippen LogP contribution in [0.1, 0.15) is 43.4 Å². The maximum atomic E-state index is 13.2. The minimum absolute atomic E-state index is 0.0319. The van der Waals surface area contributed by atoms with E-state index in [0.717, 1.165) is 23.0 Å². The van der Waals surface area contributed by atoms with E-state index in [2.05, 4.69) is 32.7 Å². The SMILES string of the molecule is CC(NC(=O)[C@H]1C[C@@H](c2ccccc2)CCN1CCC(=O)O)C(=O)NCc1cc2cnccc2[nH]1.O=C(O)C(F)(F)F.O=C(O)C(F)(F)F. The number of aliphatic carboxylic acids is 3. The molecule has 2 aromatic heterocycles. The van der Waals surface area contributed by atoms with Gasteiger partial charge in [0.2, 0.25) is 11.8 Å². The van der Waals surface area contributed by atoms with Crippen molar-refractivity contribution in [3.8, 4) is 0 Å². The number of halogens is 6. The molecule has 3 aromatic rings. The van der Waals surface area contributed by atoms with Crippen LogP contribution in [0.15, 0.2) is 54.9 Å². The Kier molecular flexibility index (Phi) is 14.5. The van der Waals surface area contributed by atoms with Crippen molar-refractivity contribution in [3.63, 3.8) is 0 Å². The van der Waals surface area contributed by atoms with Crippen LogP contribution in [0.25, 0.3) is 10.9 Å². The van der Waals surface area contributed by atoms with E-state index in [-0.39, 0.29) is 24.2 Å². The summed E-state index contributed by atoms with van der Waals surface area (Å²) in [6.45, 7) is 2.88. The summed E-state index contributed by atoms with van der Waals surface area (Å²) in [5, 5.41) is 30.0. The smallest absolute Gasteiger partial charge is 0.481 e. The highest BCUT2D eigenvalue weighted by Crippen LogP contribution is 2.32. The van der Waals surface area contributed by atoms with Crippen molar-refractivity contribution in [3.05, 3.63) is 66.1 Å². The minimum atomic E-state index is -5.08. The second-order valence-electron chi connectivity index (χ2n) is 10.6. The van der Waals surface area contributed by atoms with Gasteiger partial charge in [0.25, 0.3) is 0 Å². The summed E-state index contributed by atoms with van der Waals surface area (Å²) in [6.07, 6.45) is -5.32. The molecule has 268 valence electrons. The number of benzene rings is 1. The van der Waals surface area contributed by atoms with Gasteiger partial charge in [-0.3, -0.25) is 24.3 Å². The number of carboxylic acids is 3. The van der Waals surface area contributed by atoms with E-state index in [1.807, 2.05) is 35.2 Å². The van der Waals surface area contributed by atoms with Gasteiger partial charge in [-0.1, -0.05) is 30.3 Å². The molecular weight excluding hydrogens is 672 g/mol. The third-order valence-electron chi connectivity index (χ3n) is 7.07. The van der Waals surface area contributed by atoms with E-state index in [4.69, 9.17) is 24.9 Å². The summed E-state index contributed by atoms with van der Waals surface area (Å²) in [5.74, 6) is -6.75. The molecule has 1 aliphatic rings. The molecular formula is C30H33F6N5O8. The third-order valence-corrected chi connectivity index (χ3v) is 7.07. The van der Waals surface area contributed by atoms with Crippen LogP contribution in [-0.2, 0) is 30.5 Å². The molecule has 1 aromatic carbocycles. The Morgan fingerprint density at radius 1 is 0.980 bits per heavy atom. The van der Waals surface area contributed by atoms with Crippen molar-refractivity contribution in [2.75, 3.05) is 13.1 Å². The fourth-order valence-electron chi connectivity index (χ4n) is 4.66. The summed E-state index contributed by atoms with van der Waals surface area (Å²) in [6, 6.07) is 12.6. The average Bonchev–Trinajstić information content (AvgIpc) is 3.45. The van der Waals surface area contributed by atoms with Crippen LogP contribution in [0.5, 0.6) is 0 Å². The van der Waals surface area contributed by atoms with Crippen molar-refractivity contribution in [1.82, 2.24) is 25.5 Å². The normalized spacial score (nSPS) is 17.0. The van der Waals surface area contributed by atoms with Gasteiger partial charge in [0.15, 0.2) is 0 Å². The molecule has 19 heteroatoms. The Balaban J connectivity index is 0.000000500. The Labute approximate surface area is 274 Å². The molecule has 0 spiro atoms. The van der Waals surface area contributed by atoms with E-state index >= 15 is 0 Å². The predicted octanol–water partition coefficient (Wildman–Crippen LogP) is 3.67. The lowest BCUT2D eigenvalue weighted by Crippen LogP contribution is -2.55. The summed E-state index contributed by atoms with van der Waals surface area (Å²) >= 11 is 0. The summed E-state index contributed by atoms with van der Waals surface area (Å²) < 4.78 is 63.5. The molecule has 1 aliphatic heterocycles. The van der Waals surface area contributed by atoms with Gasteiger partial charge < -0.3 is 30.9 Å². The van der Waals surface area contributed by atoms with E-state index in [1.54, 1.807) is 19.3 Å². The molecule has 3 heterocycles. The number of H-pyrrole nitrogens is 1. The number of nitrogens with one attached hydrogen (secondary N) is 3. The first-order valence-corrected chi connectivity index (χ1v) is 14.4. The number of nitrogens with zero attached hydrogens (tertiary/aromatic N) is 2. The number of hydrogen-bond donors (Lipinski definition) is 6. The van der Waals surface area contributed by atoms with Crippen LogP contribution in [0.2, 0.25) is 0 Å². The van der Waals surface area contributed by atoms with Crippen LogP contribution in [0.3, 0.4) is 0 Å². The highest BCUT2D eigenvalue weighted by atomic mass is 19.4. The standard InChI is InChI=1S/C26H31N5O4.2C2HF3O2/c1-17(25(34)28-16-21-13-20-15-27-10-7-22(20)30-21)29-26(35)23-14-19(18-5-3-2-4-6-18)8-11-31(23)12-9-24(32)33;2*3-2(4,5)1(6)7/h2-7,10,13,15,17,19,23,30H,8-9,11-12,14,16H2,1H3,(H,28,34)(H,29,35)(H,32,33);2*(H,6,7)/t17?,19-,23+;;/m0../s1. The zero-order valence-corrected chi connectivity index (χ0v) is 25.7. The van der Waals surface area contributed by atoms with E-state index in [0.29, 0.717) is 26.1 Å². The number of carbonyl (C=O) groups excluding carboxylic acids is 2. The molecule has 0 aliphatic carbocycles. The van der Waals surface area contributed by atoms with Crippen molar-refractivity contribution in [2.24, 2.45) is 0 Å². The molecule has 1 unspecified atom stereocenters. The van der Waals surface area contributed by atoms with Crippen LogP contribution in [0.4, 0.5) is 26.3 Å². The summed E-state index contributed by atoms with van der Waals surface area (Å²) in [5.41, 5.74) is 2.96. The van der Waals surface area contributed by atoms with Crippen molar-refractivity contribution in [2.45, 2.75) is 63.1 Å². The van der Waals surface area contributed by atoms with E-state index in [9.17, 15) is 40.7 Å². The Morgan fingerprint density at radius 3 is 2.10 bits per heavy atom.